The van der Waals surface area contributed by atoms with Crippen molar-refractivity contribution in [2.24, 2.45) is 5.92 Å². The van der Waals surface area contributed by atoms with Crippen molar-refractivity contribution in [3.05, 3.63) is 77.6 Å². The van der Waals surface area contributed by atoms with E-state index in [0.29, 0.717) is 10.7 Å². The van der Waals surface area contributed by atoms with Crippen molar-refractivity contribution in [2.45, 2.75) is 26.8 Å². The van der Waals surface area contributed by atoms with E-state index in [4.69, 9.17) is 0 Å². The van der Waals surface area contributed by atoms with Gasteiger partial charge in [0.1, 0.15) is 11.9 Å². The third kappa shape index (κ3) is 5.07. The quantitative estimate of drug-likeness (QED) is 0.304. The number of aliphatic carboxylic acids is 1. The lowest BCUT2D eigenvalue weighted by Gasteiger charge is -2.18. The van der Waals surface area contributed by atoms with Crippen LogP contribution < -0.4 is 10.6 Å². The maximum Gasteiger partial charge on any atom is 0.326 e. The zero-order valence-electron chi connectivity index (χ0n) is 18.9. The number of rotatable bonds is 7. The highest BCUT2D eigenvalue weighted by Crippen LogP contribution is 2.30. The highest BCUT2D eigenvalue weighted by Gasteiger charge is 2.24. The lowest BCUT2D eigenvalue weighted by atomic mass is 9.98. The molecule has 3 aromatic carbocycles. The number of amides is 1. The minimum absolute atomic E-state index is 0.225. The van der Waals surface area contributed by atoms with Gasteiger partial charge in [-0.2, -0.15) is 0 Å². The summed E-state index contributed by atoms with van der Waals surface area (Å²) in [6.45, 7) is 5.34. The fourth-order valence-electron chi connectivity index (χ4n) is 3.65. The Bertz CT molecular complexity index is 1370. The van der Waals surface area contributed by atoms with Crippen LogP contribution in [0.1, 0.15) is 29.8 Å². The van der Waals surface area contributed by atoms with Gasteiger partial charge in [-0.3, -0.25) is 4.79 Å². The minimum atomic E-state index is -1.05. The highest BCUT2D eigenvalue weighted by molar-refractivity contribution is 7.22. The van der Waals surface area contributed by atoms with E-state index >= 15 is 0 Å². The molecule has 0 radical (unpaired) electrons. The second kappa shape index (κ2) is 9.61. The highest BCUT2D eigenvalue weighted by atomic mass is 32.1. The van der Waals surface area contributed by atoms with Gasteiger partial charge in [0.15, 0.2) is 5.13 Å². The molecule has 3 N–H and O–H groups in total. The van der Waals surface area contributed by atoms with Gasteiger partial charge >= 0.3 is 5.97 Å². The van der Waals surface area contributed by atoms with Gasteiger partial charge in [-0.1, -0.05) is 49.4 Å². The summed E-state index contributed by atoms with van der Waals surface area (Å²) in [5.74, 6) is -1.96. The van der Waals surface area contributed by atoms with E-state index in [1.54, 1.807) is 26.0 Å². The molecule has 1 atom stereocenters. The molecular weight excluding hydrogens is 453 g/mol. The van der Waals surface area contributed by atoms with Gasteiger partial charge in [0, 0.05) is 11.3 Å². The van der Waals surface area contributed by atoms with E-state index < -0.39 is 17.9 Å². The molecule has 1 heterocycles. The Morgan fingerprint density at radius 1 is 1.00 bits per heavy atom. The average Bonchev–Trinajstić information content (AvgIpc) is 3.18. The molecule has 0 aliphatic heterocycles. The Kier molecular flexibility index (Phi) is 6.61. The molecule has 174 valence electrons. The number of anilines is 2. The monoisotopic (exact) mass is 477 g/mol. The molecule has 0 aliphatic rings. The number of nitrogens with zero attached hydrogens (tertiary/aromatic N) is 1. The molecule has 1 aromatic heterocycles. The molecule has 8 heteroatoms. The van der Waals surface area contributed by atoms with Crippen LogP contribution in [0.3, 0.4) is 0 Å². The van der Waals surface area contributed by atoms with E-state index in [1.165, 1.54) is 23.5 Å². The molecule has 1 amide bonds. The SMILES string of the molecule is Cc1cc(-c2ccc(Nc3nc4ccc(F)cc4s3)cc2)ccc1C(=O)N[C@H](C(=O)O)C(C)C. The number of carboxylic acids is 1. The Morgan fingerprint density at radius 2 is 1.71 bits per heavy atom. The van der Waals surface area contributed by atoms with E-state index in [0.717, 1.165) is 32.6 Å². The Labute approximate surface area is 200 Å². The predicted octanol–water partition coefficient (Wildman–Crippen LogP) is 5.99. The number of aromatic nitrogens is 1. The first kappa shape index (κ1) is 23.4. The number of hydrogen-bond acceptors (Lipinski definition) is 5. The predicted molar refractivity (Wildman–Crippen MR) is 133 cm³/mol. The lowest BCUT2D eigenvalue weighted by Crippen LogP contribution is -2.44. The summed E-state index contributed by atoms with van der Waals surface area (Å²) in [5, 5.41) is 15.9. The summed E-state index contributed by atoms with van der Waals surface area (Å²) >= 11 is 1.38. The maximum atomic E-state index is 13.4. The van der Waals surface area contributed by atoms with Crippen LogP contribution >= 0.6 is 11.3 Å². The van der Waals surface area contributed by atoms with Crippen LogP contribution in [0, 0.1) is 18.7 Å². The molecule has 34 heavy (non-hydrogen) atoms. The molecule has 4 rings (SSSR count). The first-order valence-electron chi connectivity index (χ1n) is 10.8. The number of carboxylic acid groups (broad SMARTS) is 1. The molecule has 0 bridgehead atoms. The summed E-state index contributed by atoms with van der Waals surface area (Å²) in [6, 6.07) is 16.8. The smallest absolute Gasteiger partial charge is 0.326 e. The van der Waals surface area contributed by atoms with Crippen molar-refractivity contribution in [2.75, 3.05) is 5.32 Å². The number of nitrogens with one attached hydrogen (secondary N) is 2. The standard InChI is InChI=1S/C26H24FN3O3S/c1-14(2)23(25(32)33)30-24(31)20-10-6-17(12-15(20)3)16-4-8-19(9-5-16)28-26-29-21-11-7-18(27)13-22(21)34-26/h4-14,23H,1-3H3,(H,28,29)(H,30,31)(H,32,33)/t23-/m0/s1. The normalized spacial score (nSPS) is 12.0. The van der Waals surface area contributed by atoms with Crippen LogP contribution in [0.15, 0.2) is 60.7 Å². The van der Waals surface area contributed by atoms with Crippen LogP contribution in [-0.2, 0) is 4.79 Å². The molecule has 0 fully saturated rings. The summed E-state index contributed by atoms with van der Waals surface area (Å²) in [7, 11) is 0. The molecule has 0 spiro atoms. The van der Waals surface area contributed by atoms with Gasteiger partial charge < -0.3 is 15.7 Å². The van der Waals surface area contributed by atoms with Crippen molar-refractivity contribution in [3.8, 4) is 11.1 Å². The van der Waals surface area contributed by atoms with E-state index in [1.807, 2.05) is 43.3 Å². The van der Waals surface area contributed by atoms with Crippen molar-refractivity contribution in [1.29, 1.82) is 0 Å². The second-order valence-corrected chi connectivity index (χ2v) is 9.43. The molecule has 4 aromatic rings. The zero-order chi connectivity index (χ0) is 24.4. The minimum Gasteiger partial charge on any atom is -0.480 e. The average molecular weight is 478 g/mol. The largest absolute Gasteiger partial charge is 0.480 e. The Balaban J connectivity index is 1.48. The molecule has 6 nitrogen and oxygen atoms in total. The Morgan fingerprint density at radius 3 is 2.35 bits per heavy atom. The van der Waals surface area contributed by atoms with Crippen LogP contribution in [0.5, 0.6) is 0 Å². The van der Waals surface area contributed by atoms with Gasteiger partial charge in [-0.15, -0.1) is 0 Å². The number of halogens is 1. The topological polar surface area (TPSA) is 91.3 Å². The van der Waals surface area contributed by atoms with E-state index in [2.05, 4.69) is 15.6 Å². The second-order valence-electron chi connectivity index (χ2n) is 8.40. The number of thiazole rings is 1. The zero-order valence-corrected chi connectivity index (χ0v) is 19.7. The number of carbonyl (C=O) groups excluding carboxylic acids is 1. The fourth-order valence-corrected chi connectivity index (χ4v) is 4.56. The number of benzene rings is 3. The van der Waals surface area contributed by atoms with Gasteiger partial charge in [0.2, 0.25) is 0 Å². The van der Waals surface area contributed by atoms with Crippen LogP contribution in [0.25, 0.3) is 21.3 Å². The molecule has 0 aliphatic carbocycles. The number of aryl methyl sites for hydroxylation is 1. The molecular formula is C26H24FN3O3S. The molecule has 0 unspecified atom stereocenters. The first-order chi connectivity index (χ1) is 16.2. The third-order valence-electron chi connectivity index (χ3n) is 5.51. The Hall–Kier alpha value is -3.78. The van der Waals surface area contributed by atoms with Crippen LogP contribution in [0.4, 0.5) is 15.2 Å². The van der Waals surface area contributed by atoms with Crippen molar-refractivity contribution in [1.82, 2.24) is 10.3 Å². The third-order valence-corrected chi connectivity index (χ3v) is 6.44. The van der Waals surface area contributed by atoms with Gasteiger partial charge in [-0.25, -0.2) is 14.2 Å². The van der Waals surface area contributed by atoms with E-state index in [-0.39, 0.29) is 11.7 Å². The lowest BCUT2D eigenvalue weighted by molar-refractivity contribution is -0.140. The molecule has 0 saturated heterocycles. The molecule has 0 saturated carbocycles. The van der Waals surface area contributed by atoms with Gasteiger partial charge in [0.25, 0.3) is 5.91 Å². The van der Waals surface area contributed by atoms with Gasteiger partial charge in [-0.05, 0) is 65.9 Å². The van der Waals surface area contributed by atoms with E-state index in [9.17, 15) is 19.1 Å². The van der Waals surface area contributed by atoms with Gasteiger partial charge in [0.05, 0.1) is 10.2 Å². The summed E-state index contributed by atoms with van der Waals surface area (Å²) in [5.41, 5.74) is 4.71. The summed E-state index contributed by atoms with van der Waals surface area (Å²) in [4.78, 5) is 28.5. The number of fused-ring (bicyclic) bond motifs is 1. The van der Waals surface area contributed by atoms with Crippen LogP contribution in [0.2, 0.25) is 0 Å². The van der Waals surface area contributed by atoms with Crippen molar-refractivity contribution < 1.29 is 19.1 Å². The first-order valence-corrected chi connectivity index (χ1v) is 11.6. The van der Waals surface area contributed by atoms with Crippen molar-refractivity contribution >= 4 is 44.2 Å². The summed E-state index contributed by atoms with van der Waals surface area (Å²) in [6.07, 6.45) is 0. The van der Waals surface area contributed by atoms with Crippen molar-refractivity contribution in [3.63, 3.8) is 0 Å². The van der Waals surface area contributed by atoms with Crippen LogP contribution in [-0.4, -0.2) is 28.0 Å². The number of hydrogen-bond donors (Lipinski definition) is 3. The fraction of sp³-hybridized carbons (Fsp3) is 0.192. The summed E-state index contributed by atoms with van der Waals surface area (Å²) < 4.78 is 14.2. The maximum absolute atomic E-state index is 13.4. The number of carbonyl (C=O) groups is 2.